The fraction of sp³-hybridized carbons (Fsp3) is 0.417. The minimum Gasteiger partial charge on any atom is -0.354 e. The minimum absolute atomic E-state index is 0.00508. The van der Waals surface area contributed by atoms with Crippen LogP contribution in [0.2, 0.25) is 5.02 Å². The lowest BCUT2D eigenvalue weighted by Gasteiger charge is -2.19. The Morgan fingerprint density at radius 2 is 2.03 bits per heavy atom. The summed E-state index contributed by atoms with van der Waals surface area (Å²) < 4.78 is 0. The summed E-state index contributed by atoms with van der Waals surface area (Å²) in [5.41, 5.74) is 2.57. The highest BCUT2D eigenvalue weighted by atomic mass is 35.5. The number of nitrogens with zero attached hydrogens (tertiary/aromatic N) is 5. The maximum Gasteiger partial charge on any atom is 0.253 e. The second-order valence-corrected chi connectivity index (χ2v) is 9.20. The van der Waals surface area contributed by atoms with Crippen LogP contribution in [-0.4, -0.2) is 78.4 Å². The number of amides is 2. The van der Waals surface area contributed by atoms with Crippen molar-refractivity contribution in [3.63, 3.8) is 0 Å². The first-order valence-electron chi connectivity index (χ1n) is 11.2. The average Bonchev–Trinajstić information content (AvgIpc) is 3.45. The Morgan fingerprint density at radius 1 is 1.24 bits per heavy atom. The molecule has 1 unspecified atom stereocenters. The van der Waals surface area contributed by atoms with E-state index in [-0.39, 0.29) is 11.8 Å². The fourth-order valence-corrected chi connectivity index (χ4v) is 4.30. The van der Waals surface area contributed by atoms with E-state index in [0.29, 0.717) is 55.2 Å². The second-order valence-electron chi connectivity index (χ2n) is 8.76. The quantitative estimate of drug-likeness (QED) is 0.629. The SMILES string of the molecule is CN(C)C/C=C/C(=O)N1CCc2ccc(C(=O)N3CCC(CNc4ncc(Cl)cn4)C3)cc21. The predicted octanol–water partition coefficient (Wildman–Crippen LogP) is 2.71. The van der Waals surface area contributed by atoms with Gasteiger partial charge in [0.05, 0.1) is 17.4 Å². The van der Waals surface area contributed by atoms with Crippen molar-refractivity contribution in [3.8, 4) is 0 Å². The molecule has 1 aromatic heterocycles. The molecule has 3 heterocycles. The molecule has 0 saturated carbocycles. The maximum atomic E-state index is 13.2. The molecule has 4 rings (SSSR count). The summed E-state index contributed by atoms with van der Waals surface area (Å²) in [6.07, 6.45) is 8.32. The van der Waals surface area contributed by atoms with Gasteiger partial charge < -0.3 is 20.0 Å². The number of carbonyl (C=O) groups is 2. The monoisotopic (exact) mass is 468 g/mol. The van der Waals surface area contributed by atoms with E-state index >= 15 is 0 Å². The number of hydrogen-bond acceptors (Lipinski definition) is 6. The average molecular weight is 469 g/mol. The Bertz CT molecular complexity index is 1040. The van der Waals surface area contributed by atoms with Gasteiger partial charge in [-0.1, -0.05) is 23.7 Å². The number of hydrogen-bond donors (Lipinski definition) is 1. The molecule has 0 aliphatic carbocycles. The van der Waals surface area contributed by atoms with Crippen LogP contribution in [0.5, 0.6) is 0 Å². The van der Waals surface area contributed by atoms with E-state index in [1.807, 2.05) is 48.2 Å². The van der Waals surface area contributed by atoms with Crippen LogP contribution in [0.1, 0.15) is 22.3 Å². The van der Waals surface area contributed by atoms with Crippen LogP contribution < -0.4 is 10.2 Å². The summed E-state index contributed by atoms with van der Waals surface area (Å²) in [4.78, 5) is 39.8. The zero-order chi connectivity index (χ0) is 23.4. The van der Waals surface area contributed by atoms with E-state index in [1.54, 1.807) is 23.4 Å². The van der Waals surface area contributed by atoms with Crippen LogP contribution in [0.25, 0.3) is 0 Å². The third kappa shape index (κ3) is 5.69. The van der Waals surface area contributed by atoms with Gasteiger partial charge >= 0.3 is 0 Å². The molecule has 0 spiro atoms. The zero-order valence-corrected chi connectivity index (χ0v) is 19.8. The summed E-state index contributed by atoms with van der Waals surface area (Å²) in [6.45, 7) is 3.42. The summed E-state index contributed by atoms with van der Waals surface area (Å²) >= 11 is 5.82. The molecule has 1 N–H and O–H groups in total. The first-order valence-corrected chi connectivity index (χ1v) is 11.5. The van der Waals surface area contributed by atoms with Crippen LogP contribution in [0, 0.1) is 5.92 Å². The molecule has 1 aromatic carbocycles. The van der Waals surface area contributed by atoms with E-state index in [0.717, 1.165) is 24.1 Å². The van der Waals surface area contributed by atoms with Gasteiger partial charge in [0.25, 0.3) is 11.8 Å². The van der Waals surface area contributed by atoms with Crippen molar-refractivity contribution >= 4 is 35.1 Å². The standard InChI is InChI=1S/C24H29ClN6O2/c1-29(2)9-3-4-22(32)31-11-8-18-5-6-19(12-21(18)31)23(33)30-10-7-17(16-30)13-26-24-27-14-20(25)15-28-24/h3-6,12,14-15,17H,7-11,13,16H2,1-2H3,(H,26,27,28)/b4-3+. The lowest BCUT2D eigenvalue weighted by molar-refractivity contribution is -0.114. The van der Waals surface area contributed by atoms with Crippen LogP contribution in [0.15, 0.2) is 42.7 Å². The van der Waals surface area contributed by atoms with Crippen LogP contribution in [-0.2, 0) is 11.2 Å². The van der Waals surface area contributed by atoms with Gasteiger partial charge in [0.1, 0.15) is 0 Å². The molecule has 0 bridgehead atoms. The Balaban J connectivity index is 1.37. The molecular weight excluding hydrogens is 440 g/mol. The van der Waals surface area contributed by atoms with E-state index < -0.39 is 0 Å². The van der Waals surface area contributed by atoms with Gasteiger partial charge in [0, 0.05) is 50.1 Å². The zero-order valence-electron chi connectivity index (χ0n) is 19.0. The molecule has 1 saturated heterocycles. The number of aromatic nitrogens is 2. The third-order valence-corrected chi connectivity index (χ3v) is 6.16. The summed E-state index contributed by atoms with van der Waals surface area (Å²) in [6, 6.07) is 5.73. The molecule has 33 heavy (non-hydrogen) atoms. The topological polar surface area (TPSA) is 81.7 Å². The second kappa shape index (κ2) is 10.3. The van der Waals surface area contributed by atoms with E-state index in [9.17, 15) is 9.59 Å². The first kappa shape index (κ1) is 23.2. The Hall–Kier alpha value is -2.97. The number of likely N-dealkylation sites (N-methyl/N-ethyl adjacent to an activating group) is 1. The number of halogens is 1. The summed E-state index contributed by atoms with van der Waals surface area (Å²) in [7, 11) is 3.92. The number of nitrogens with one attached hydrogen (secondary N) is 1. The molecule has 1 atom stereocenters. The van der Waals surface area contributed by atoms with Crippen molar-refractivity contribution in [2.75, 3.05) is 57.0 Å². The normalized spacial score (nSPS) is 17.8. The molecule has 2 aromatic rings. The third-order valence-electron chi connectivity index (χ3n) is 5.97. The van der Waals surface area contributed by atoms with E-state index in [4.69, 9.17) is 11.6 Å². The van der Waals surface area contributed by atoms with Crippen molar-refractivity contribution < 1.29 is 9.59 Å². The van der Waals surface area contributed by atoms with Crippen LogP contribution in [0.3, 0.4) is 0 Å². The molecule has 2 amide bonds. The number of likely N-dealkylation sites (tertiary alicyclic amines) is 1. The Kier molecular flexibility index (Phi) is 7.25. The molecule has 174 valence electrons. The van der Waals surface area contributed by atoms with Gasteiger partial charge in [-0.05, 0) is 50.6 Å². The summed E-state index contributed by atoms with van der Waals surface area (Å²) in [5.74, 6) is 0.817. The van der Waals surface area contributed by atoms with Crippen molar-refractivity contribution in [2.45, 2.75) is 12.8 Å². The lowest BCUT2D eigenvalue weighted by atomic mass is 10.1. The maximum absolute atomic E-state index is 13.2. The van der Waals surface area contributed by atoms with Gasteiger partial charge in [-0.3, -0.25) is 9.59 Å². The van der Waals surface area contributed by atoms with Gasteiger partial charge in [-0.15, -0.1) is 0 Å². The molecule has 0 radical (unpaired) electrons. The molecule has 2 aliphatic heterocycles. The Labute approximate surface area is 199 Å². The smallest absolute Gasteiger partial charge is 0.253 e. The highest BCUT2D eigenvalue weighted by Crippen LogP contribution is 2.30. The van der Waals surface area contributed by atoms with E-state index in [2.05, 4.69) is 15.3 Å². The number of rotatable bonds is 7. The molecule has 8 nitrogen and oxygen atoms in total. The fourth-order valence-electron chi connectivity index (χ4n) is 4.20. The van der Waals surface area contributed by atoms with Crippen molar-refractivity contribution in [2.24, 2.45) is 5.92 Å². The number of fused-ring (bicyclic) bond motifs is 1. The van der Waals surface area contributed by atoms with Crippen LogP contribution in [0.4, 0.5) is 11.6 Å². The minimum atomic E-state index is -0.0445. The molecule has 9 heteroatoms. The van der Waals surface area contributed by atoms with Gasteiger partial charge in [-0.2, -0.15) is 0 Å². The highest BCUT2D eigenvalue weighted by molar-refractivity contribution is 6.30. The van der Waals surface area contributed by atoms with Gasteiger partial charge in [0.15, 0.2) is 0 Å². The lowest BCUT2D eigenvalue weighted by Crippen LogP contribution is -2.30. The molecular formula is C24H29ClN6O2. The largest absolute Gasteiger partial charge is 0.354 e. The number of anilines is 2. The van der Waals surface area contributed by atoms with Crippen molar-refractivity contribution in [1.29, 1.82) is 0 Å². The predicted molar refractivity (Wildman–Crippen MR) is 130 cm³/mol. The first-order chi connectivity index (χ1) is 15.9. The highest BCUT2D eigenvalue weighted by Gasteiger charge is 2.29. The molecule has 2 aliphatic rings. The van der Waals surface area contributed by atoms with Crippen LogP contribution >= 0.6 is 11.6 Å². The van der Waals surface area contributed by atoms with E-state index in [1.165, 1.54) is 0 Å². The van der Waals surface area contributed by atoms with Gasteiger partial charge in [-0.25, -0.2) is 9.97 Å². The van der Waals surface area contributed by atoms with Crippen molar-refractivity contribution in [3.05, 3.63) is 58.9 Å². The van der Waals surface area contributed by atoms with Crippen molar-refractivity contribution in [1.82, 2.24) is 19.8 Å². The Morgan fingerprint density at radius 3 is 2.79 bits per heavy atom. The summed E-state index contributed by atoms with van der Waals surface area (Å²) in [5, 5.41) is 3.71. The van der Waals surface area contributed by atoms with Gasteiger partial charge in [0.2, 0.25) is 5.95 Å². The number of benzene rings is 1. The number of carbonyl (C=O) groups excluding carboxylic acids is 2. The molecule has 1 fully saturated rings.